The lowest BCUT2D eigenvalue weighted by atomic mass is 9.97. The summed E-state index contributed by atoms with van der Waals surface area (Å²) in [6.45, 7) is -0.200. The molecule has 88 valence electrons. The molecular weight excluding hydrogens is 219 g/mol. The minimum absolute atomic E-state index is 0.200. The fourth-order valence-corrected chi connectivity index (χ4v) is 1.81. The van der Waals surface area contributed by atoms with E-state index in [1.165, 1.54) is 18.2 Å². The molecule has 0 aliphatic carbocycles. The summed E-state index contributed by atoms with van der Waals surface area (Å²) < 4.78 is 13.8. The van der Waals surface area contributed by atoms with Crippen LogP contribution in [0.4, 0.5) is 15.8 Å². The van der Waals surface area contributed by atoms with Crippen LogP contribution in [0, 0.1) is 5.82 Å². The zero-order valence-corrected chi connectivity index (χ0v) is 9.15. The summed E-state index contributed by atoms with van der Waals surface area (Å²) in [6.07, 6.45) is 0. The SMILES string of the molecule is Nc1ccc(F)c(-c2c(N)cccc2CO)c1. The summed E-state index contributed by atoms with van der Waals surface area (Å²) in [5.41, 5.74) is 13.7. The minimum Gasteiger partial charge on any atom is -0.399 e. The molecule has 0 heterocycles. The van der Waals surface area contributed by atoms with Gasteiger partial charge in [-0.15, -0.1) is 0 Å². The van der Waals surface area contributed by atoms with E-state index in [1.807, 2.05) is 0 Å². The van der Waals surface area contributed by atoms with Gasteiger partial charge in [0.2, 0.25) is 0 Å². The number of hydrogen-bond acceptors (Lipinski definition) is 3. The maximum atomic E-state index is 13.8. The second kappa shape index (κ2) is 4.43. The van der Waals surface area contributed by atoms with Gasteiger partial charge < -0.3 is 16.6 Å². The smallest absolute Gasteiger partial charge is 0.131 e. The van der Waals surface area contributed by atoms with Crippen LogP contribution in [-0.4, -0.2) is 5.11 Å². The summed E-state index contributed by atoms with van der Waals surface area (Å²) in [7, 11) is 0. The Bertz CT molecular complexity index is 555. The van der Waals surface area contributed by atoms with Gasteiger partial charge in [-0.25, -0.2) is 4.39 Å². The van der Waals surface area contributed by atoms with Crippen LogP contribution in [0.1, 0.15) is 5.56 Å². The highest BCUT2D eigenvalue weighted by molar-refractivity contribution is 5.81. The van der Waals surface area contributed by atoms with Crippen molar-refractivity contribution in [3.63, 3.8) is 0 Å². The third-order valence-corrected chi connectivity index (χ3v) is 2.61. The molecule has 5 N–H and O–H groups in total. The molecule has 0 fully saturated rings. The number of aliphatic hydroxyl groups is 1. The molecular formula is C13H13FN2O. The monoisotopic (exact) mass is 232 g/mol. The largest absolute Gasteiger partial charge is 0.399 e. The molecule has 2 aromatic rings. The predicted molar refractivity (Wildman–Crippen MR) is 66.6 cm³/mol. The molecule has 0 bridgehead atoms. The van der Waals surface area contributed by atoms with Crippen LogP contribution in [0.25, 0.3) is 11.1 Å². The third kappa shape index (κ3) is 2.07. The highest BCUT2D eigenvalue weighted by Gasteiger charge is 2.12. The van der Waals surface area contributed by atoms with Crippen LogP contribution < -0.4 is 11.5 Å². The molecule has 0 aliphatic rings. The summed E-state index contributed by atoms with van der Waals surface area (Å²) in [4.78, 5) is 0. The van der Waals surface area contributed by atoms with E-state index < -0.39 is 5.82 Å². The molecule has 0 saturated carbocycles. The first-order valence-corrected chi connectivity index (χ1v) is 5.17. The van der Waals surface area contributed by atoms with Crippen LogP contribution in [0.2, 0.25) is 0 Å². The van der Waals surface area contributed by atoms with Crippen molar-refractivity contribution in [3.8, 4) is 11.1 Å². The van der Waals surface area contributed by atoms with Crippen LogP contribution >= 0.6 is 0 Å². The molecule has 3 nitrogen and oxygen atoms in total. The van der Waals surface area contributed by atoms with Crippen molar-refractivity contribution >= 4 is 11.4 Å². The molecule has 0 aromatic heterocycles. The zero-order valence-electron chi connectivity index (χ0n) is 9.15. The Labute approximate surface area is 98.5 Å². The number of anilines is 2. The number of benzene rings is 2. The van der Waals surface area contributed by atoms with E-state index in [-0.39, 0.29) is 6.61 Å². The maximum Gasteiger partial charge on any atom is 0.131 e. The Hall–Kier alpha value is -2.07. The predicted octanol–water partition coefficient (Wildman–Crippen LogP) is 2.15. The van der Waals surface area contributed by atoms with Crippen LogP contribution in [0.5, 0.6) is 0 Å². The zero-order chi connectivity index (χ0) is 12.4. The summed E-state index contributed by atoms with van der Waals surface area (Å²) in [5, 5.41) is 9.26. The van der Waals surface area contributed by atoms with Crippen molar-refractivity contribution in [3.05, 3.63) is 47.8 Å². The number of halogens is 1. The average molecular weight is 232 g/mol. The molecule has 0 radical (unpaired) electrons. The van der Waals surface area contributed by atoms with E-state index in [9.17, 15) is 9.50 Å². The van der Waals surface area contributed by atoms with Gasteiger partial charge in [0.15, 0.2) is 0 Å². The van der Waals surface area contributed by atoms with E-state index in [2.05, 4.69) is 0 Å². The molecule has 0 aliphatic heterocycles. The fraction of sp³-hybridized carbons (Fsp3) is 0.0769. The summed E-state index contributed by atoms with van der Waals surface area (Å²) in [6, 6.07) is 9.37. The van der Waals surface area contributed by atoms with E-state index >= 15 is 0 Å². The van der Waals surface area contributed by atoms with Crippen molar-refractivity contribution < 1.29 is 9.50 Å². The van der Waals surface area contributed by atoms with Crippen molar-refractivity contribution in [1.29, 1.82) is 0 Å². The Morgan fingerprint density at radius 1 is 1.12 bits per heavy atom. The van der Waals surface area contributed by atoms with E-state index in [1.54, 1.807) is 18.2 Å². The molecule has 0 saturated heterocycles. The van der Waals surface area contributed by atoms with Crippen LogP contribution in [0.3, 0.4) is 0 Å². The molecule has 2 rings (SSSR count). The van der Waals surface area contributed by atoms with Gasteiger partial charge in [-0.1, -0.05) is 12.1 Å². The number of nitrogens with two attached hydrogens (primary N) is 2. The van der Waals surface area contributed by atoms with Crippen molar-refractivity contribution in [2.45, 2.75) is 6.61 Å². The topological polar surface area (TPSA) is 72.3 Å². The van der Waals surface area contributed by atoms with Gasteiger partial charge in [-0.2, -0.15) is 0 Å². The lowest BCUT2D eigenvalue weighted by Gasteiger charge is -2.12. The molecule has 17 heavy (non-hydrogen) atoms. The van der Waals surface area contributed by atoms with Gasteiger partial charge in [0.25, 0.3) is 0 Å². The highest BCUT2D eigenvalue weighted by atomic mass is 19.1. The minimum atomic E-state index is -0.410. The number of aliphatic hydroxyl groups excluding tert-OH is 1. The molecule has 4 heteroatoms. The number of hydrogen-bond donors (Lipinski definition) is 3. The fourth-order valence-electron chi connectivity index (χ4n) is 1.81. The van der Waals surface area contributed by atoms with Crippen molar-refractivity contribution in [2.24, 2.45) is 0 Å². The van der Waals surface area contributed by atoms with E-state index in [0.717, 1.165) is 0 Å². The van der Waals surface area contributed by atoms with Crippen molar-refractivity contribution in [1.82, 2.24) is 0 Å². The van der Waals surface area contributed by atoms with Gasteiger partial charge in [0.05, 0.1) is 6.61 Å². The Morgan fingerprint density at radius 3 is 2.59 bits per heavy atom. The number of nitrogen functional groups attached to an aromatic ring is 2. The average Bonchev–Trinajstić information content (AvgIpc) is 2.32. The molecule has 0 unspecified atom stereocenters. The standard InChI is InChI=1S/C13H13FN2O/c14-11-5-4-9(15)6-10(11)13-8(7-17)2-1-3-12(13)16/h1-6,17H,7,15-16H2. The lowest BCUT2D eigenvalue weighted by molar-refractivity contribution is 0.282. The van der Waals surface area contributed by atoms with Gasteiger partial charge in [0.1, 0.15) is 5.82 Å². The quantitative estimate of drug-likeness (QED) is 0.695. The maximum absolute atomic E-state index is 13.8. The Kier molecular flexibility index (Phi) is 2.97. The van der Waals surface area contributed by atoms with Gasteiger partial charge in [0, 0.05) is 22.5 Å². The Morgan fingerprint density at radius 2 is 1.88 bits per heavy atom. The lowest BCUT2D eigenvalue weighted by Crippen LogP contribution is -1.98. The van der Waals surface area contributed by atoms with Gasteiger partial charge >= 0.3 is 0 Å². The second-order valence-corrected chi connectivity index (χ2v) is 3.78. The first-order valence-electron chi connectivity index (χ1n) is 5.17. The van der Waals surface area contributed by atoms with Gasteiger partial charge in [-0.3, -0.25) is 0 Å². The van der Waals surface area contributed by atoms with E-state index in [0.29, 0.717) is 28.1 Å². The first kappa shape index (κ1) is 11.4. The van der Waals surface area contributed by atoms with Crippen LogP contribution in [0.15, 0.2) is 36.4 Å². The normalized spacial score (nSPS) is 10.5. The molecule has 0 amide bonds. The summed E-state index contributed by atoms with van der Waals surface area (Å²) in [5.74, 6) is -0.410. The second-order valence-electron chi connectivity index (χ2n) is 3.78. The van der Waals surface area contributed by atoms with Gasteiger partial charge in [-0.05, 0) is 29.8 Å². The summed E-state index contributed by atoms with van der Waals surface area (Å²) >= 11 is 0. The highest BCUT2D eigenvalue weighted by Crippen LogP contribution is 2.32. The molecule has 0 atom stereocenters. The van der Waals surface area contributed by atoms with Crippen molar-refractivity contribution in [2.75, 3.05) is 11.5 Å². The molecule has 0 spiro atoms. The Balaban J connectivity index is 2.71. The third-order valence-electron chi connectivity index (χ3n) is 2.61. The molecule has 2 aromatic carbocycles. The van der Waals surface area contributed by atoms with Crippen LogP contribution in [-0.2, 0) is 6.61 Å². The first-order chi connectivity index (χ1) is 8.13. The number of rotatable bonds is 2. The van der Waals surface area contributed by atoms with E-state index in [4.69, 9.17) is 11.5 Å².